The summed E-state index contributed by atoms with van der Waals surface area (Å²) in [6.07, 6.45) is 3.34. The number of hydrogen-bond acceptors (Lipinski definition) is 7. The Kier molecular flexibility index (Phi) is 6.84. The SMILES string of the molecule is O=C(OCc1ccccc1)N1CC2COCC(C1)C2Nc1ncc2cc(-c3ccccc3Cl)c(=O)n(C3CC3)c2n1. The van der Waals surface area contributed by atoms with Crippen LogP contribution >= 0.6 is 11.6 Å². The normalized spacial score (nSPS) is 22.0. The van der Waals surface area contributed by atoms with Crippen LogP contribution in [0.4, 0.5) is 10.7 Å². The topological polar surface area (TPSA) is 98.6 Å². The molecule has 1 amide bonds. The number of carbonyl (C=O) groups excluding carboxylic acids is 1. The van der Waals surface area contributed by atoms with Crippen molar-refractivity contribution in [3.8, 4) is 11.1 Å². The summed E-state index contributed by atoms with van der Waals surface area (Å²) >= 11 is 6.45. The summed E-state index contributed by atoms with van der Waals surface area (Å²) < 4.78 is 13.3. The molecule has 4 heterocycles. The molecule has 10 heteroatoms. The van der Waals surface area contributed by atoms with E-state index >= 15 is 0 Å². The lowest BCUT2D eigenvalue weighted by atomic mass is 9.82. The molecule has 2 unspecified atom stereocenters. The molecule has 210 valence electrons. The fourth-order valence-corrected chi connectivity index (χ4v) is 6.25. The van der Waals surface area contributed by atoms with E-state index in [2.05, 4.69) is 10.3 Å². The Balaban J connectivity index is 1.12. The van der Waals surface area contributed by atoms with E-state index < -0.39 is 0 Å². The molecule has 2 bridgehead atoms. The Bertz CT molecular complexity index is 1640. The van der Waals surface area contributed by atoms with Crippen LogP contribution in [0.1, 0.15) is 24.4 Å². The highest BCUT2D eigenvalue weighted by molar-refractivity contribution is 6.33. The highest BCUT2D eigenvalue weighted by atomic mass is 35.5. The molecule has 4 aromatic rings. The van der Waals surface area contributed by atoms with Gasteiger partial charge in [-0.25, -0.2) is 9.78 Å². The first-order valence-electron chi connectivity index (χ1n) is 14.0. The third-order valence-corrected chi connectivity index (χ3v) is 8.53. The zero-order valence-corrected chi connectivity index (χ0v) is 23.2. The van der Waals surface area contributed by atoms with Gasteiger partial charge in [0, 0.05) is 64.7 Å². The molecule has 3 aliphatic rings. The fourth-order valence-electron chi connectivity index (χ4n) is 6.01. The van der Waals surface area contributed by atoms with Gasteiger partial charge in [-0.15, -0.1) is 0 Å². The van der Waals surface area contributed by atoms with Gasteiger partial charge in [0.2, 0.25) is 5.95 Å². The smallest absolute Gasteiger partial charge is 0.410 e. The van der Waals surface area contributed by atoms with Gasteiger partial charge < -0.3 is 19.7 Å². The van der Waals surface area contributed by atoms with Crippen LogP contribution in [0.5, 0.6) is 0 Å². The van der Waals surface area contributed by atoms with E-state index in [4.69, 9.17) is 26.1 Å². The summed E-state index contributed by atoms with van der Waals surface area (Å²) in [7, 11) is 0. The van der Waals surface area contributed by atoms with Crippen molar-refractivity contribution in [2.75, 3.05) is 31.6 Å². The van der Waals surface area contributed by atoms with Gasteiger partial charge in [-0.2, -0.15) is 4.98 Å². The summed E-state index contributed by atoms with van der Waals surface area (Å²) in [6, 6.07) is 19.1. The van der Waals surface area contributed by atoms with E-state index in [1.807, 2.05) is 54.6 Å². The molecular formula is C31H30ClN5O4. The standard InChI is InChI=1S/C31H30ClN5O4/c32-26-9-5-4-8-24(26)25-12-20-13-33-30(35-28(20)37(29(25)38)23-10-11-23)34-27-21-14-36(15-22(27)18-40-17-21)31(39)41-16-19-6-2-1-3-7-19/h1-9,12-13,21-23,27H,10-11,14-18H2,(H,33,34,35). The van der Waals surface area contributed by atoms with Crippen molar-refractivity contribution in [1.29, 1.82) is 0 Å². The average molecular weight is 572 g/mol. The minimum atomic E-state index is -0.311. The summed E-state index contributed by atoms with van der Waals surface area (Å²) in [5, 5.41) is 4.86. The van der Waals surface area contributed by atoms with Crippen molar-refractivity contribution in [3.63, 3.8) is 0 Å². The summed E-state index contributed by atoms with van der Waals surface area (Å²) in [5.41, 5.74) is 2.74. The Morgan fingerprint density at radius 3 is 2.49 bits per heavy atom. The maximum absolute atomic E-state index is 13.7. The molecule has 1 aliphatic carbocycles. The zero-order valence-electron chi connectivity index (χ0n) is 22.4. The Labute approximate surface area is 242 Å². The molecule has 9 nitrogen and oxygen atoms in total. The molecule has 2 saturated heterocycles. The second-order valence-electron chi connectivity index (χ2n) is 11.1. The van der Waals surface area contributed by atoms with E-state index in [9.17, 15) is 9.59 Å². The van der Waals surface area contributed by atoms with Gasteiger partial charge in [0.1, 0.15) is 12.3 Å². The van der Waals surface area contributed by atoms with Gasteiger partial charge in [0.05, 0.1) is 13.2 Å². The lowest BCUT2D eigenvalue weighted by Crippen LogP contribution is -2.59. The van der Waals surface area contributed by atoms with Crippen LogP contribution in [-0.2, 0) is 16.1 Å². The van der Waals surface area contributed by atoms with Crippen LogP contribution in [0.25, 0.3) is 22.2 Å². The molecule has 0 spiro atoms. The van der Waals surface area contributed by atoms with E-state index in [0.29, 0.717) is 54.0 Å². The molecule has 2 aromatic heterocycles. The van der Waals surface area contributed by atoms with Gasteiger partial charge >= 0.3 is 6.09 Å². The minimum absolute atomic E-state index is 0.0304. The van der Waals surface area contributed by atoms with Crippen molar-refractivity contribution in [2.24, 2.45) is 11.8 Å². The van der Waals surface area contributed by atoms with Crippen LogP contribution in [0.15, 0.2) is 71.7 Å². The van der Waals surface area contributed by atoms with Crippen molar-refractivity contribution in [3.05, 3.63) is 87.8 Å². The number of hydrogen-bond donors (Lipinski definition) is 1. The van der Waals surface area contributed by atoms with Gasteiger partial charge in [0.15, 0.2) is 0 Å². The summed E-state index contributed by atoms with van der Waals surface area (Å²) in [5.74, 6) is 0.581. The fraction of sp³-hybridized carbons (Fsp3) is 0.355. The molecule has 1 saturated carbocycles. The lowest BCUT2D eigenvalue weighted by Gasteiger charge is -2.46. The third-order valence-electron chi connectivity index (χ3n) is 8.20. The zero-order chi connectivity index (χ0) is 27.9. The number of benzene rings is 2. The molecule has 7 rings (SSSR count). The van der Waals surface area contributed by atoms with Crippen molar-refractivity contribution < 1.29 is 14.3 Å². The second-order valence-corrected chi connectivity index (χ2v) is 11.5. The van der Waals surface area contributed by atoms with E-state index in [1.165, 1.54) is 0 Å². The first kappa shape index (κ1) is 26.0. The van der Waals surface area contributed by atoms with E-state index in [0.717, 1.165) is 23.8 Å². The number of likely N-dealkylation sites (tertiary alicyclic amines) is 1. The summed E-state index contributed by atoms with van der Waals surface area (Å²) in [6.45, 7) is 2.33. The van der Waals surface area contributed by atoms with Crippen molar-refractivity contribution >= 4 is 34.7 Å². The molecule has 0 radical (unpaired) electrons. The van der Waals surface area contributed by atoms with Gasteiger partial charge in [0.25, 0.3) is 5.56 Å². The van der Waals surface area contributed by atoms with Gasteiger partial charge in [-0.05, 0) is 30.5 Å². The maximum atomic E-state index is 13.7. The molecule has 2 atom stereocenters. The number of halogens is 1. The lowest BCUT2D eigenvalue weighted by molar-refractivity contribution is -0.0473. The quantitative estimate of drug-likeness (QED) is 0.342. The predicted octanol–water partition coefficient (Wildman–Crippen LogP) is 5.14. The monoisotopic (exact) mass is 571 g/mol. The number of nitrogens with zero attached hydrogens (tertiary/aromatic N) is 4. The highest BCUT2D eigenvalue weighted by Crippen LogP contribution is 2.37. The summed E-state index contributed by atoms with van der Waals surface area (Å²) in [4.78, 5) is 37.8. The number of aromatic nitrogens is 3. The van der Waals surface area contributed by atoms with Crippen LogP contribution in [-0.4, -0.2) is 57.9 Å². The van der Waals surface area contributed by atoms with Crippen LogP contribution in [0.3, 0.4) is 0 Å². The number of fused-ring (bicyclic) bond motifs is 3. The number of ether oxygens (including phenoxy) is 2. The van der Waals surface area contributed by atoms with Crippen LogP contribution in [0.2, 0.25) is 5.02 Å². The molecule has 1 N–H and O–H groups in total. The van der Waals surface area contributed by atoms with E-state index in [1.54, 1.807) is 21.7 Å². The number of amides is 1. The van der Waals surface area contributed by atoms with Crippen LogP contribution in [0, 0.1) is 11.8 Å². The number of anilines is 1. The van der Waals surface area contributed by atoms with Gasteiger partial charge in [-0.1, -0.05) is 60.1 Å². The number of rotatable bonds is 6. The molecular weight excluding hydrogens is 542 g/mol. The first-order valence-corrected chi connectivity index (χ1v) is 14.4. The Hall–Kier alpha value is -3.95. The number of piperidine rings is 1. The number of nitrogens with one attached hydrogen (secondary N) is 1. The second kappa shape index (κ2) is 10.8. The molecule has 3 fully saturated rings. The average Bonchev–Trinajstić information content (AvgIpc) is 3.82. The molecule has 2 aliphatic heterocycles. The Morgan fingerprint density at radius 2 is 1.76 bits per heavy atom. The minimum Gasteiger partial charge on any atom is -0.445 e. The van der Waals surface area contributed by atoms with E-state index in [-0.39, 0.29) is 42.2 Å². The van der Waals surface area contributed by atoms with Crippen molar-refractivity contribution in [1.82, 2.24) is 19.4 Å². The van der Waals surface area contributed by atoms with Gasteiger partial charge in [-0.3, -0.25) is 9.36 Å². The molecule has 2 aromatic carbocycles. The largest absolute Gasteiger partial charge is 0.445 e. The number of pyridine rings is 1. The first-order chi connectivity index (χ1) is 20.0. The van der Waals surface area contributed by atoms with Crippen LogP contribution < -0.4 is 10.9 Å². The maximum Gasteiger partial charge on any atom is 0.410 e. The third kappa shape index (κ3) is 5.15. The predicted molar refractivity (Wildman–Crippen MR) is 156 cm³/mol. The Morgan fingerprint density at radius 1 is 1.02 bits per heavy atom. The molecule has 41 heavy (non-hydrogen) atoms. The highest BCUT2D eigenvalue weighted by Gasteiger charge is 2.42. The number of carbonyl (C=O) groups is 1. The van der Waals surface area contributed by atoms with Crippen molar-refractivity contribution in [2.45, 2.75) is 31.5 Å².